The average molecular weight is 492 g/mol. The minimum absolute atomic E-state index is 0.261. The predicted octanol–water partition coefficient (Wildman–Crippen LogP) is 3.69. The summed E-state index contributed by atoms with van der Waals surface area (Å²) < 4.78 is 5.49. The Morgan fingerprint density at radius 3 is 2.54 bits per heavy atom. The molecule has 0 radical (unpaired) electrons. The number of amides is 2. The van der Waals surface area contributed by atoms with E-state index < -0.39 is 0 Å². The third kappa shape index (κ3) is 5.24. The molecule has 3 heterocycles. The van der Waals surface area contributed by atoms with Gasteiger partial charge in [0.2, 0.25) is 0 Å². The first-order chi connectivity index (χ1) is 17.1. The molecule has 2 amide bonds. The van der Waals surface area contributed by atoms with Gasteiger partial charge in [-0.3, -0.25) is 4.79 Å². The van der Waals surface area contributed by atoms with Gasteiger partial charge in [-0.25, -0.2) is 9.78 Å². The maximum absolute atomic E-state index is 12.7. The number of nitrogens with zero attached hydrogens (tertiary/aromatic N) is 5. The first-order valence-electron chi connectivity index (χ1n) is 11.4. The average Bonchev–Trinajstić information content (AvgIpc) is 3.57. The minimum Gasteiger partial charge on any atom is -0.445 e. The van der Waals surface area contributed by atoms with Crippen LogP contribution in [0.5, 0.6) is 0 Å². The zero-order valence-corrected chi connectivity index (χ0v) is 20.0. The van der Waals surface area contributed by atoms with E-state index >= 15 is 0 Å². The van der Waals surface area contributed by atoms with Gasteiger partial charge >= 0.3 is 6.09 Å². The van der Waals surface area contributed by atoms with Crippen molar-refractivity contribution < 1.29 is 14.3 Å². The molecule has 2 aromatic heterocycles. The molecule has 0 bridgehead atoms. The Morgan fingerprint density at radius 2 is 1.77 bits per heavy atom. The molecular weight excluding hydrogens is 466 g/mol. The number of hydrogen-bond acceptors (Lipinski definition) is 8. The second-order valence-corrected chi connectivity index (χ2v) is 9.03. The summed E-state index contributed by atoms with van der Waals surface area (Å²) >= 11 is 1.41. The molecule has 10 nitrogen and oxygen atoms in total. The van der Waals surface area contributed by atoms with Gasteiger partial charge in [0.25, 0.3) is 5.91 Å². The van der Waals surface area contributed by atoms with Crippen molar-refractivity contribution in [2.45, 2.75) is 20.0 Å². The number of aromatic nitrogens is 4. The van der Waals surface area contributed by atoms with E-state index in [-0.39, 0.29) is 18.6 Å². The zero-order chi connectivity index (χ0) is 24.2. The second kappa shape index (κ2) is 10.1. The van der Waals surface area contributed by atoms with Gasteiger partial charge in [-0.15, -0.1) is 11.3 Å². The predicted molar refractivity (Wildman–Crippen MR) is 134 cm³/mol. The highest BCUT2D eigenvalue weighted by molar-refractivity contribution is 7.14. The topological polar surface area (TPSA) is 116 Å². The maximum atomic E-state index is 12.7. The van der Waals surface area contributed by atoms with Gasteiger partial charge in [0.15, 0.2) is 5.13 Å². The van der Waals surface area contributed by atoms with Crippen LogP contribution in [0.3, 0.4) is 0 Å². The van der Waals surface area contributed by atoms with Crippen LogP contribution in [0, 0.1) is 0 Å². The Balaban J connectivity index is 1.11. The summed E-state index contributed by atoms with van der Waals surface area (Å²) in [7, 11) is 0. The van der Waals surface area contributed by atoms with Crippen LogP contribution in [0.1, 0.15) is 28.5 Å². The van der Waals surface area contributed by atoms with Crippen molar-refractivity contribution in [3.63, 3.8) is 0 Å². The van der Waals surface area contributed by atoms with E-state index in [0.29, 0.717) is 43.1 Å². The fourth-order valence-corrected chi connectivity index (χ4v) is 4.67. The van der Waals surface area contributed by atoms with E-state index in [4.69, 9.17) is 4.74 Å². The Labute approximate surface area is 205 Å². The number of carbonyl (C=O) groups is 2. The van der Waals surface area contributed by atoms with E-state index in [1.54, 1.807) is 28.5 Å². The van der Waals surface area contributed by atoms with Gasteiger partial charge < -0.3 is 19.9 Å². The number of aromatic amines is 1. The highest BCUT2D eigenvalue weighted by atomic mass is 32.1. The lowest BCUT2D eigenvalue weighted by Gasteiger charge is -2.33. The molecule has 35 heavy (non-hydrogen) atoms. The Bertz CT molecular complexity index is 1330. The Hall–Kier alpha value is -3.99. The summed E-state index contributed by atoms with van der Waals surface area (Å²) in [4.78, 5) is 33.4. The van der Waals surface area contributed by atoms with E-state index in [1.807, 2.05) is 12.1 Å². The SMILES string of the molecule is CCc1ccc(COC(=O)N2CCN(c3nc(C(=O)Nc4ccc5n[nH]nc5c4)cs3)CC2)cc1. The quantitative estimate of drug-likeness (QED) is 0.423. The minimum atomic E-state index is -0.312. The molecular formula is C24H25N7O3S. The van der Waals surface area contributed by atoms with Crippen molar-refractivity contribution in [2.24, 2.45) is 0 Å². The van der Waals surface area contributed by atoms with Crippen LogP contribution in [0.2, 0.25) is 0 Å². The zero-order valence-electron chi connectivity index (χ0n) is 19.2. The van der Waals surface area contributed by atoms with Crippen LogP contribution in [0.15, 0.2) is 47.8 Å². The molecule has 2 aromatic carbocycles. The molecule has 2 N–H and O–H groups in total. The summed E-state index contributed by atoms with van der Waals surface area (Å²) in [6, 6.07) is 13.4. The number of H-pyrrole nitrogens is 1. The first-order valence-corrected chi connectivity index (χ1v) is 12.3. The Kier molecular flexibility index (Phi) is 6.57. The summed E-state index contributed by atoms with van der Waals surface area (Å²) in [5, 5.41) is 15.9. The largest absolute Gasteiger partial charge is 0.445 e. The van der Waals surface area contributed by atoms with Crippen LogP contribution in [0.25, 0.3) is 11.0 Å². The summed E-state index contributed by atoms with van der Waals surface area (Å²) in [5.74, 6) is -0.287. The number of carbonyl (C=O) groups excluding carboxylic acids is 2. The van der Waals surface area contributed by atoms with Crippen molar-refractivity contribution in [2.75, 3.05) is 36.4 Å². The maximum Gasteiger partial charge on any atom is 0.410 e. The molecule has 1 aliphatic heterocycles. The van der Waals surface area contributed by atoms with Gasteiger partial charge in [0.05, 0.1) is 0 Å². The fraction of sp³-hybridized carbons (Fsp3) is 0.292. The molecule has 1 aliphatic rings. The lowest BCUT2D eigenvalue weighted by Crippen LogP contribution is -2.48. The molecule has 11 heteroatoms. The van der Waals surface area contributed by atoms with Crippen LogP contribution in [-0.2, 0) is 17.8 Å². The van der Waals surface area contributed by atoms with Crippen LogP contribution >= 0.6 is 11.3 Å². The van der Waals surface area contributed by atoms with Gasteiger partial charge in [0, 0.05) is 37.2 Å². The third-order valence-electron chi connectivity index (χ3n) is 5.90. The number of nitrogens with one attached hydrogen (secondary N) is 2. The molecule has 0 saturated carbocycles. The van der Waals surface area contributed by atoms with Gasteiger partial charge in [-0.05, 0) is 35.7 Å². The molecule has 0 spiro atoms. The number of piperazine rings is 1. The van der Waals surface area contributed by atoms with Gasteiger partial charge in [0.1, 0.15) is 23.3 Å². The molecule has 180 valence electrons. The van der Waals surface area contributed by atoms with Crippen molar-refractivity contribution in [3.05, 3.63) is 64.7 Å². The summed E-state index contributed by atoms with van der Waals surface area (Å²) in [6.45, 7) is 4.68. The second-order valence-electron chi connectivity index (χ2n) is 8.20. The molecule has 0 aliphatic carbocycles. The van der Waals surface area contributed by atoms with E-state index in [2.05, 4.69) is 49.7 Å². The molecule has 5 rings (SSSR count). The number of hydrogen-bond donors (Lipinski definition) is 2. The number of anilines is 2. The molecule has 0 unspecified atom stereocenters. The van der Waals surface area contributed by atoms with Crippen molar-refractivity contribution >= 4 is 45.2 Å². The number of fused-ring (bicyclic) bond motifs is 1. The lowest BCUT2D eigenvalue weighted by atomic mass is 10.1. The van der Waals surface area contributed by atoms with Crippen LogP contribution in [-0.4, -0.2) is 63.5 Å². The molecule has 4 aromatic rings. The highest BCUT2D eigenvalue weighted by Crippen LogP contribution is 2.23. The first kappa shape index (κ1) is 22.8. The van der Waals surface area contributed by atoms with E-state index in [0.717, 1.165) is 22.6 Å². The number of aryl methyl sites for hydroxylation is 1. The Morgan fingerprint density at radius 1 is 1.03 bits per heavy atom. The lowest BCUT2D eigenvalue weighted by molar-refractivity contribution is 0.0941. The molecule has 1 saturated heterocycles. The standard InChI is InChI=1S/C24H25N7O3S/c1-2-16-3-5-17(6-4-16)14-34-24(33)31-11-9-30(10-12-31)23-26-21(15-35-23)22(32)25-18-7-8-19-20(13-18)28-29-27-19/h3-8,13,15H,2,9-12,14H2,1H3,(H,25,32)(H,27,28,29). The summed E-state index contributed by atoms with van der Waals surface area (Å²) in [6.07, 6.45) is 0.669. The number of ether oxygens (including phenoxy) is 1. The molecule has 0 atom stereocenters. The van der Waals surface area contributed by atoms with Crippen LogP contribution in [0.4, 0.5) is 15.6 Å². The normalized spacial score (nSPS) is 13.7. The highest BCUT2D eigenvalue weighted by Gasteiger charge is 2.24. The molecule has 1 fully saturated rings. The van der Waals surface area contributed by atoms with E-state index in [1.165, 1.54) is 16.9 Å². The van der Waals surface area contributed by atoms with Crippen molar-refractivity contribution in [1.82, 2.24) is 25.3 Å². The number of thiazole rings is 1. The van der Waals surface area contributed by atoms with Crippen LogP contribution < -0.4 is 10.2 Å². The smallest absolute Gasteiger partial charge is 0.410 e. The number of benzene rings is 2. The number of rotatable bonds is 6. The van der Waals surface area contributed by atoms with Crippen molar-refractivity contribution in [1.29, 1.82) is 0 Å². The van der Waals surface area contributed by atoms with Crippen molar-refractivity contribution in [3.8, 4) is 0 Å². The fourth-order valence-electron chi connectivity index (χ4n) is 3.81. The monoisotopic (exact) mass is 491 g/mol. The van der Waals surface area contributed by atoms with E-state index in [9.17, 15) is 9.59 Å². The van der Waals surface area contributed by atoms with Gasteiger partial charge in [-0.2, -0.15) is 15.4 Å². The van der Waals surface area contributed by atoms with Gasteiger partial charge in [-0.1, -0.05) is 31.2 Å². The summed E-state index contributed by atoms with van der Waals surface area (Å²) in [5.41, 5.74) is 4.61. The third-order valence-corrected chi connectivity index (χ3v) is 6.80.